The molecule has 5 nitrogen and oxygen atoms in total. The van der Waals surface area contributed by atoms with Crippen molar-refractivity contribution in [2.75, 3.05) is 0 Å². The fraction of sp³-hybridized carbons (Fsp3) is 0.240. The molecular formula is C25H22ClN3O2S. The molecule has 32 heavy (non-hydrogen) atoms. The molecule has 0 atom stereocenters. The van der Waals surface area contributed by atoms with Gasteiger partial charge in [0.25, 0.3) is 5.56 Å². The second kappa shape index (κ2) is 8.35. The van der Waals surface area contributed by atoms with E-state index in [0.29, 0.717) is 40.0 Å². The van der Waals surface area contributed by atoms with Gasteiger partial charge in [-0.2, -0.15) is 0 Å². The van der Waals surface area contributed by atoms with Crippen molar-refractivity contribution in [3.63, 3.8) is 0 Å². The molecule has 162 valence electrons. The summed E-state index contributed by atoms with van der Waals surface area (Å²) in [6.07, 6.45) is 0.689. The number of para-hydroxylation sites is 1. The number of halogens is 1. The first-order valence-corrected chi connectivity index (χ1v) is 11.8. The monoisotopic (exact) mass is 463 g/mol. The molecule has 0 unspecified atom stereocenters. The van der Waals surface area contributed by atoms with Gasteiger partial charge < -0.3 is 4.74 Å². The summed E-state index contributed by atoms with van der Waals surface area (Å²) in [6.45, 7) is 4.55. The molecule has 0 saturated heterocycles. The third-order valence-electron chi connectivity index (χ3n) is 5.50. The van der Waals surface area contributed by atoms with Crippen molar-refractivity contribution < 1.29 is 4.74 Å². The predicted octanol–water partition coefficient (Wildman–Crippen LogP) is 5.58. The summed E-state index contributed by atoms with van der Waals surface area (Å²) in [4.78, 5) is 23.3. The van der Waals surface area contributed by atoms with Crippen molar-refractivity contribution in [2.45, 2.75) is 43.4 Å². The van der Waals surface area contributed by atoms with Gasteiger partial charge >= 0.3 is 0 Å². The second-order valence-corrected chi connectivity index (χ2v) is 9.86. The zero-order valence-electron chi connectivity index (χ0n) is 17.8. The molecule has 2 aromatic carbocycles. The number of fused-ring (bicyclic) bond motifs is 2. The van der Waals surface area contributed by atoms with Crippen LogP contribution < -0.4 is 5.56 Å². The maximum absolute atomic E-state index is 13.6. The van der Waals surface area contributed by atoms with Crippen LogP contribution in [0.3, 0.4) is 0 Å². The van der Waals surface area contributed by atoms with Crippen LogP contribution in [0.1, 0.15) is 30.7 Å². The molecule has 0 N–H and O–H groups in total. The summed E-state index contributed by atoms with van der Waals surface area (Å²) in [5.74, 6) is 0.660. The van der Waals surface area contributed by atoms with E-state index in [1.54, 1.807) is 4.57 Å². The highest BCUT2D eigenvalue weighted by molar-refractivity contribution is 7.98. The molecular weight excluding hydrogens is 442 g/mol. The van der Waals surface area contributed by atoms with E-state index in [9.17, 15) is 4.79 Å². The Morgan fingerprint density at radius 3 is 2.59 bits per heavy atom. The molecule has 0 radical (unpaired) electrons. The second-order valence-electron chi connectivity index (χ2n) is 8.48. The van der Waals surface area contributed by atoms with Gasteiger partial charge in [-0.05, 0) is 49.7 Å². The summed E-state index contributed by atoms with van der Waals surface area (Å²) in [5, 5.41) is 1.82. The van der Waals surface area contributed by atoms with E-state index in [-0.39, 0.29) is 11.2 Å². The molecule has 0 aliphatic carbocycles. The lowest BCUT2D eigenvalue weighted by Gasteiger charge is -2.31. The molecule has 0 fully saturated rings. The van der Waals surface area contributed by atoms with Gasteiger partial charge in [0, 0.05) is 22.8 Å². The Morgan fingerprint density at radius 2 is 1.84 bits per heavy atom. The van der Waals surface area contributed by atoms with Crippen molar-refractivity contribution in [3.05, 3.63) is 92.9 Å². The topological polar surface area (TPSA) is 57.0 Å². The zero-order valence-corrected chi connectivity index (χ0v) is 19.4. The number of rotatable bonds is 4. The van der Waals surface area contributed by atoms with Gasteiger partial charge in [0.2, 0.25) is 0 Å². The van der Waals surface area contributed by atoms with Gasteiger partial charge in [-0.15, -0.1) is 0 Å². The lowest BCUT2D eigenvalue weighted by Crippen LogP contribution is -2.33. The van der Waals surface area contributed by atoms with E-state index in [1.807, 2.05) is 60.7 Å². The van der Waals surface area contributed by atoms with Gasteiger partial charge in [0.15, 0.2) is 10.8 Å². The molecule has 0 spiro atoms. The molecule has 1 aliphatic heterocycles. The van der Waals surface area contributed by atoms with E-state index < -0.39 is 0 Å². The van der Waals surface area contributed by atoms with E-state index in [2.05, 4.69) is 13.8 Å². The molecule has 5 rings (SSSR count). The number of pyridine rings is 1. The highest BCUT2D eigenvalue weighted by atomic mass is 35.5. The minimum absolute atomic E-state index is 0.125. The Labute approximate surface area is 195 Å². The number of hydrogen-bond donors (Lipinski definition) is 0. The predicted molar refractivity (Wildman–Crippen MR) is 129 cm³/mol. The number of ether oxygens (including phenoxy) is 1. The minimum atomic E-state index is -0.279. The fourth-order valence-electron chi connectivity index (χ4n) is 3.81. The number of hydrogen-bond acceptors (Lipinski definition) is 5. The van der Waals surface area contributed by atoms with Gasteiger partial charge in [-0.1, -0.05) is 53.7 Å². The summed E-state index contributed by atoms with van der Waals surface area (Å²) in [5.41, 5.74) is 3.87. The average Bonchev–Trinajstić information content (AvgIpc) is 2.78. The Morgan fingerprint density at radius 1 is 1.09 bits per heavy atom. The lowest BCUT2D eigenvalue weighted by atomic mass is 9.95. The Balaban J connectivity index is 1.64. The SMILES string of the molecule is CC1(C)Cc2nc3nc(SCc4ccc(Cl)cc4)n(-c4ccccc4)c(=O)c3cc2CO1. The highest BCUT2D eigenvalue weighted by Gasteiger charge is 2.28. The minimum Gasteiger partial charge on any atom is -0.370 e. The van der Waals surface area contributed by atoms with Crippen LogP contribution in [0.15, 0.2) is 70.6 Å². The smallest absolute Gasteiger partial charge is 0.268 e. The summed E-state index contributed by atoms with van der Waals surface area (Å²) in [6, 6.07) is 19.2. The van der Waals surface area contributed by atoms with E-state index >= 15 is 0 Å². The average molecular weight is 464 g/mol. The number of nitrogens with zero attached hydrogens (tertiary/aromatic N) is 3. The van der Waals surface area contributed by atoms with Crippen molar-refractivity contribution in [1.82, 2.24) is 14.5 Å². The third kappa shape index (κ3) is 4.18. The van der Waals surface area contributed by atoms with Crippen LogP contribution >= 0.6 is 23.4 Å². The standard InChI is InChI=1S/C25H22ClN3O2S/c1-25(2)13-21-17(14-31-25)12-20-22(27-21)28-24(32-15-16-8-10-18(26)11-9-16)29(23(20)30)19-6-4-3-5-7-19/h3-12H,13-15H2,1-2H3. The van der Waals surface area contributed by atoms with Crippen LogP contribution in [-0.4, -0.2) is 20.1 Å². The first-order valence-electron chi connectivity index (χ1n) is 10.4. The van der Waals surface area contributed by atoms with Crippen molar-refractivity contribution in [3.8, 4) is 5.69 Å². The summed E-state index contributed by atoms with van der Waals surface area (Å²) >= 11 is 7.53. The van der Waals surface area contributed by atoms with Crippen LogP contribution in [0.2, 0.25) is 5.02 Å². The molecule has 0 amide bonds. The normalized spacial score (nSPS) is 15.0. The number of aromatic nitrogens is 3. The molecule has 2 aromatic heterocycles. The molecule has 7 heteroatoms. The van der Waals surface area contributed by atoms with Crippen LogP contribution in [0, 0.1) is 0 Å². The quantitative estimate of drug-likeness (QED) is 0.292. The highest BCUT2D eigenvalue weighted by Crippen LogP contribution is 2.29. The van der Waals surface area contributed by atoms with Gasteiger partial charge in [-0.3, -0.25) is 9.36 Å². The summed E-state index contributed by atoms with van der Waals surface area (Å²) < 4.78 is 7.60. The van der Waals surface area contributed by atoms with E-state index in [1.165, 1.54) is 11.8 Å². The van der Waals surface area contributed by atoms with Crippen LogP contribution in [0.5, 0.6) is 0 Å². The third-order valence-corrected chi connectivity index (χ3v) is 6.77. The maximum Gasteiger partial charge on any atom is 0.268 e. The maximum atomic E-state index is 13.6. The van der Waals surface area contributed by atoms with Gasteiger partial charge in [-0.25, -0.2) is 9.97 Å². The molecule has 4 aromatic rings. The van der Waals surface area contributed by atoms with Crippen LogP contribution in [0.4, 0.5) is 0 Å². The lowest BCUT2D eigenvalue weighted by molar-refractivity contribution is -0.0411. The van der Waals surface area contributed by atoms with E-state index in [4.69, 9.17) is 26.3 Å². The zero-order chi connectivity index (χ0) is 22.3. The Bertz CT molecular complexity index is 1350. The van der Waals surface area contributed by atoms with Crippen molar-refractivity contribution >= 4 is 34.4 Å². The molecule has 0 saturated carbocycles. The number of thioether (sulfide) groups is 1. The summed E-state index contributed by atoms with van der Waals surface area (Å²) in [7, 11) is 0. The molecule has 3 heterocycles. The van der Waals surface area contributed by atoms with Crippen LogP contribution in [-0.2, 0) is 23.5 Å². The Hall–Kier alpha value is -2.67. The fourth-order valence-corrected chi connectivity index (χ4v) is 4.89. The largest absolute Gasteiger partial charge is 0.370 e. The van der Waals surface area contributed by atoms with Crippen molar-refractivity contribution in [1.29, 1.82) is 0 Å². The first-order chi connectivity index (χ1) is 15.4. The van der Waals surface area contributed by atoms with Gasteiger partial charge in [0.1, 0.15) is 0 Å². The number of benzene rings is 2. The van der Waals surface area contributed by atoms with Gasteiger partial charge in [0.05, 0.1) is 29.0 Å². The molecule has 1 aliphatic rings. The molecule has 0 bridgehead atoms. The van der Waals surface area contributed by atoms with Crippen molar-refractivity contribution in [2.24, 2.45) is 0 Å². The van der Waals surface area contributed by atoms with E-state index in [0.717, 1.165) is 22.5 Å². The van der Waals surface area contributed by atoms with Crippen LogP contribution in [0.25, 0.3) is 16.7 Å². The Kier molecular flexibility index (Phi) is 5.53. The first kappa shape index (κ1) is 21.2.